The van der Waals surface area contributed by atoms with Crippen molar-refractivity contribution in [2.75, 3.05) is 11.6 Å². The van der Waals surface area contributed by atoms with E-state index in [1.807, 2.05) is 60.7 Å². The number of hydrogen-bond acceptors (Lipinski definition) is 4. The molecular weight excluding hydrogens is 519 g/mol. The van der Waals surface area contributed by atoms with Crippen LogP contribution in [-0.2, 0) is 17.4 Å². The summed E-state index contributed by atoms with van der Waals surface area (Å²) in [6, 6.07) is 12.7. The zero-order valence-corrected chi connectivity index (χ0v) is 21.6. The first-order valence-electron chi connectivity index (χ1n) is 13.3. The van der Waals surface area contributed by atoms with E-state index in [2.05, 4.69) is 4.90 Å². The third-order valence-electron chi connectivity index (χ3n) is 9.95. The van der Waals surface area contributed by atoms with E-state index < -0.39 is 28.6 Å². The fraction of sp³-hybridized carbons (Fsp3) is 0.312. The van der Waals surface area contributed by atoms with Gasteiger partial charge in [-0.15, -0.1) is 11.8 Å². The summed E-state index contributed by atoms with van der Waals surface area (Å²) < 4.78 is 40.5. The van der Waals surface area contributed by atoms with Gasteiger partial charge in [0.1, 0.15) is 5.54 Å². The summed E-state index contributed by atoms with van der Waals surface area (Å²) in [4.78, 5) is 32.1. The molecule has 6 atom stereocenters. The predicted molar refractivity (Wildman–Crippen MR) is 143 cm³/mol. The van der Waals surface area contributed by atoms with E-state index in [0.29, 0.717) is 29.2 Å². The van der Waals surface area contributed by atoms with Crippen molar-refractivity contribution in [3.05, 3.63) is 118 Å². The minimum absolute atomic E-state index is 0.0485. The number of hydrogen-bond donors (Lipinski definition) is 0. The normalized spacial score (nSPS) is 36.0. The average Bonchev–Trinajstić information content (AvgIpc) is 3.64. The molecule has 3 fully saturated rings. The third-order valence-corrected chi connectivity index (χ3v) is 11.0. The molecule has 3 nitrogen and oxygen atoms in total. The molecule has 0 amide bonds. The van der Waals surface area contributed by atoms with Crippen LogP contribution in [0.5, 0.6) is 0 Å². The topological polar surface area (TPSA) is 37.4 Å². The van der Waals surface area contributed by atoms with Gasteiger partial charge >= 0.3 is 6.18 Å². The number of benzene rings is 2. The molecule has 0 radical (unpaired) electrons. The molecule has 2 heterocycles. The Bertz CT molecular complexity index is 1590. The Balaban J connectivity index is 1.42. The quantitative estimate of drug-likeness (QED) is 0.433. The van der Waals surface area contributed by atoms with Crippen molar-refractivity contribution in [3.8, 4) is 0 Å². The van der Waals surface area contributed by atoms with Gasteiger partial charge in [-0.1, -0.05) is 72.9 Å². The number of fused-ring (bicyclic) bond motifs is 5. The van der Waals surface area contributed by atoms with E-state index in [9.17, 15) is 22.8 Å². The molecular formula is C32H24F3NO2S. The molecule has 2 saturated heterocycles. The van der Waals surface area contributed by atoms with Gasteiger partial charge in [0, 0.05) is 41.0 Å². The van der Waals surface area contributed by atoms with Crippen molar-refractivity contribution < 1.29 is 22.8 Å². The number of halogens is 3. The summed E-state index contributed by atoms with van der Waals surface area (Å²) in [6.07, 6.45) is 7.98. The van der Waals surface area contributed by atoms with Gasteiger partial charge in [0.25, 0.3) is 0 Å². The van der Waals surface area contributed by atoms with Crippen molar-refractivity contribution >= 4 is 23.3 Å². The fourth-order valence-electron chi connectivity index (χ4n) is 8.70. The van der Waals surface area contributed by atoms with Crippen LogP contribution in [0.1, 0.15) is 33.0 Å². The maximum absolute atomic E-state index is 15.0. The van der Waals surface area contributed by atoms with E-state index in [1.54, 1.807) is 23.9 Å². The van der Waals surface area contributed by atoms with Crippen molar-refractivity contribution in [1.82, 2.24) is 4.90 Å². The Morgan fingerprint density at radius 2 is 1.77 bits per heavy atom. The van der Waals surface area contributed by atoms with Crippen LogP contribution in [0.2, 0.25) is 0 Å². The van der Waals surface area contributed by atoms with Crippen molar-refractivity contribution in [1.29, 1.82) is 0 Å². The maximum Gasteiger partial charge on any atom is 0.416 e. The molecule has 6 unspecified atom stereocenters. The second-order valence-electron chi connectivity index (χ2n) is 11.4. The zero-order valence-electron chi connectivity index (χ0n) is 20.8. The predicted octanol–water partition coefficient (Wildman–Crippen LogP) is 6.15. The Labute approximate surface area is 228 Å². The van der Waals surface area contributed by atoms with E-state index in [4.69, 9.17) is 0 Å². The monoisotopic (exact) mass is 543 g/mol. The van der Waals surface area contributed by atoms with Gasteiger partial charge in [0.15, 0.2) is 11.6 Å². The number of carbonyl (C=O) groups excluding carboxylic acids is 2. The minimum Gasteiger partial charge on any atom is -0.296 e. The van der Waals surface area contributed by atoms with Gasteiger partial charge < -0.3 is 0 Å². The van der Waals surface area contributed by atoms with Crippen LogP contribution in [0.25, 0.3) is 0 Å². The number of Topliss-reactive ketones (excluding diaryl/α,β-unsaturated/α-hetero) is 2. The summed E-state index contributed by atoms with van der Waals surface area (Å²) in [5, 5.41) is 0. The lowest BCUT2D eigenvalue weighted by Gasteiger charge is -2.46. The number of alkyl halides is 3. The molecule has 6 aliphatic rings. The van der Waals surface area contributed by atoms with Crippen molar-refractivity contribution in [2.24, 2.45) is 17.3 Å². The maximum atomic E-state index is 15.0. The van der Waals surface area contributed by atoms with Crippen molar-refractivity contribution in [2.45, 2.75) is 30.1 Å². The van der Waals surface area contributed by atoms with Gasteiger partial charge in [0.2, 0.25) is 0 Å². The first-order chi connectivity index (χ1) is 18.8. The molecule has 8 rings (SSSR count). The molecule has 2 aromatic rings. The van der Waals surface area contributed by atoms with Gasteiger partial charge in [-0.25, -0.2) is 0 Å². The Morgan fingerprint density at radius 3 is 2.54 bits per heavy atom. The van der Waals surface area contributed by atoms with E-state index in [0.717, 1.165) is 28.8 Å². The highest BCUT2D eigenvalue weighted by atomic mass is 32.2. The first-order valence-corrected chi connectivity index (χ1v) is 14.4. The summed E-state index contributed by atoms with van der Waals surface area (Å²) in [6.45, 7) is 0. The number of ketones is 2. The van der Waals surface area contributed by atoms with Crippen LogP contribution in [0.4, 0.5) is 13.2 Å². The number of thioether (sulfide) groups is 1. The van der Waals surface area contributed by atoms with Gasteiger partial charge in [0.05, 0.1) is 11.0 Å². The average molecular weight is 544 g/mol. The zero-order chi connectivity index (χ0) is 26.7. The number of rotatable bonds is 1. The highest BCUT2D eigenvalue weighted by Gasteiger charge is 2.80. The number of carbonyl (C=O) groups is 2. The summed E-state index contributed by atoms with van der Waals surface area (Å²) in [5.74, 6) is 0.380. The number of nitrogens with zero attached hydrogens (tertiary/aromatic N) is 1. The highest BCUT2D eigenvalue weighted by Crippen LogP contribution is 2.71. The molecule has 2 spiro atoms. The molecule has 7 heteroatoms. The fourth-order valence-corrected chi connectivity index (χ4v) is 10.00. The molecule has 2 aliphatic heterocycles. The Kier molecular flexibility index (Phi) is 4.70. The van der Waals surface area contributed by atoms with Crippen LogP contribution >= 0.6 is 11.8 Å². The van der Waals surface area contributed by atoms with E-state index in [1.165, 1.54) is 0 Å². The Hall–Kier alpha value is -3.16. The summed E-state index contributed by atoms with van der Waals surface area (Å²) in [7, 11) is 0. The molecule has 0 aromatic heterocycles. The van der Waals surface area contributed by atoms with Gasteiger partial charge in [-0.2, -0.15) is 13.2 Å². The highest BCUT2D eigenvalue weighted by molar-refractivity contribution is 7.99. The second kappa shape index (κ2) is 7.73. The Morgan fingerprint density at radius 1 is 0.974 bits per heavy atom. The molecule has 196 valence electrons. The third kappa shape index (κ3) is 2.71. The first kappa shape index (κ1) is 23.7. The van der Waals surface area contributed by atoms with Gasteiger partial charge in [-0.3, -0.25) is 14.5 Å². The molecule has 4 aliphatic carbocycles. The second-order valence-corrected chi connectivity index (χ2v) is 12.4. The standard InChI is InChI=1S/C32H24F3NO2S/c33-32(34,35)21-13-11-19(12-14-21)27-25-16-39-17-36(25)31(30(27)15-20-5-1-2-8-22(20)28(30)37)24-10-4-7-18-6-3-9-23(26(18)24)29(31)38/h1-14,23,25-27H,15-17H2. The van der Waals surface area contributed by atoms with Crippen LogP contribution in [0.15, 0.2) is 96.1 Å². The smallest absolute Gasteiger partial charge is 0.296 e. The molecule has 39 heavy (non-hydrogen) atoms. The van der Waals surface area contributed by atoms with Crippen molar-refractivity contribution in [3.63, 3.8) is 0 Å². The van der Waals surface area contributed by atoms with Crippen LogP contribution in [-0.4, -0.2) is 39.7 Å². The van der Waals surface area contributed by atoms with Crippen LogP contribution in [0.3, 0.4) is 0 Å². The van der Waals surface area contributed by atoms with Crippen LogP contribution in [0, 0.1) is 17.3 Å². The lowest BCUT2D eigenvalue weighted by Crippen LogP contribution is -2.61. The number of allylic oxidation sites excluding steroid dienone is 7. The summed E-state index contributed by atoms with van der Waals surface area (Å²) >= 11 is 1.73. The molecule has 2 aromatic carbocycles. The van der Waals surface area contributed by atoms with E-state index >= 15 is 0 Å². The molecule has 0 N–H and O–H groups in total. The SMILES string of the molecule is O=C1c2ccccc2CC12C(c1ccc(C(F)(F)F)cc1)C1CSCN1C21C(=O)C2C=CC=C3C=CC=C1C32. The van der Waals surface area contributed by atoms with Gasteiger partial charge in [-0.05, 0) is 40.8 Å². The lowest BCUT2D eigenvalue weighted by atomic mass is 9.57. The summed E-state index contributed by atoms with van der Waals surface area (Å²) in [5.41, 5.74) is 1.25. The molecule has 0 bridgehead atoms. The molecule has 1 saturated carbocycles. The lowest BCUT2D eigenvalue weighted by molar-refractivity contribution is -0.137. The largest absolute Gasteiger partial charge is 0.416 e. The van der Waals surface area contributed by atoms with Crippen LogP contribution < -0.4 is 0 Å². The minimum atomic E-state index is -4.45. The van der Waals surface area contributed by atoms with E-state index in [-0.39, 0.29) is 29.4 Å².